The molecule has 8 heteroatoms. The lowest BCUT2D eigenvalue weighted by Gasteiger charge is -2.28. The van der Waals surface area contributed by atoms with Crippen LogP contribution >= 0.6 is 11.6 Å². The van der Waals surface area contributed by atoms with E-state index >= 15 is 0 Å². The van der Waals surface area contributed by atoms with Crippen LogP contribution in [0.4, 0.5) is 13.2 Å². The van der Waals surface area contributed by atoms with Crippen LogP contribution in [0.1, 0.15) is 12.0 Å². The smallest absolute Gasteiger partial charge is 0.365 e. The molecule has 0 radical (unpaired) electrons. The van der Waals surface area contributed by atoms with Crippen molar-refractivity contribution < 1.29 is 23.1 Å². The van der Waals surface area contributed by atoms with Crippen LogP contribution in [0.2, 0.25) is 5.02 Å². The van der Waals surface area contributed by atoms with Gasteiger partial charge >= 0.3 is 6.18 Å². The molecule has 0 aliphatic carbocycles. The summed E-state index contributed by atoms with van der Waals surface area (Å²) >= 11 is 5.66. The Kier molecular flexibility index (Phi) is 3.27. The summed E-state index contributed by atoms with van der Waals surface area (Å²) in [4.78, 5) is 10.8. The zero-order valence-electron chi connectivity index (χ0n) is 9.36. The van der Waals surface area contributed by atoms with E-state index in [1.165, 1.54) is 24.3 Å². The van der Waals surface area contributed by atoms with Crippen molar-refractivity contribution in [3.63, 3.8) is 0 Å². The standard InChI is InChI=1S/C11H8ClF3N2O2/c12-8-3-1-7(2-4-8)10(19)5-9(11(13,14)15)16-17(10)6-18/h1-4,6,19H,5H2. The van der Waals surface area contributed by atoms with Gasteiger partial charge in [-0.05, 0) is 12.1 Å². The summed E-state index contributed by atoms with van der Waals surface area (Å²) in [5.41, 5.74) is -3.25. The molecule has 0 bridgehead atoms. The number of aliphatic hydroxyl groups is 1. The van der Waals surface area contributed by atoms with Crippen LogP contribution in [0.5, 0.6) is 0 Å². The van der Waals surface area contributed by atoms with Crippen molar-refractivity contribution in [3.8, 4) is 0 Å². The van der Waals surface area contributed by atoms with E-state index in [2.05, 4.69) is 5.10 Å². The van der Waals surface area contributed by atoms with Gasteiger partial charge in [0.15, 0.2) is 5.72 Å². The van der Waals surface area contributed by atoms with E-state index in [0.29, 0.717) is 10.0 Å². The van der Waals surface area contributed by atoms with Crippen molar-refractivity contribution in [1.29, 1.82) is 0 Å². The molecule has 1 aliphatic rings. The quantitative estimate of drug-likeness (QED) is 0.850. The molecule has 1 aromatic rings. The minimum Gasteiger partial charge on any atom is -0.365 e. The molecule has 1 aliphatic heterocycles. The van der Waals surface area contributed by atoms with E-state index in [1.807, 2.05) is 0 Å². The molecule has 4 nitrogen and oxygen atoms in total. The first-order valence-electron chi connectivity index (χ1n) is 5.15. The molecule has 1 N–H and O–H groups in total. The van der Waals surface area contributed by atoms with Crippen molar-refractivity contribution in [2.24, 2.45) is 5.10 Å². The number of amides is 1. The molecule has 1 unspecified atom stereocenters. The second kappa shape index (κ2) is 4.50. The molecule has 0 spiro atoms. The van der Waals surface area contributed by atoms with Crippen LogP contribution in [0, 0.1) is 0 Å². The number of nitrogens with zero attached hydrogens (tertiary/aromatic N) is 2. The molecule has 1 amide bonds. The average molecular weight is 293 g/mol. The molecule has 19 heavy (non-hydrogen) atoms. The van der Waals surface area contributed by atoms with Gasteiger partial charge in [0.1, 0.15) is 5.71 Å². The molecule has 0 saturated carbocycles. The lowest BCUT2D eigenvalue weighted by molar-refractivity contribution is -0.144. The van der Waals surface area contributed by atoms with E-state index in [4.69, 9.17) is 11.6 Å². The number of rotatable bonds is 2. The molecular formula is C11H8ClF3N2O2. The third-order valence-electron chi connectivity index (χ3n) is 2.76. The Morgan fingerprint density at radius 2 is 1.95 bits per heavy atom. The molecule has 102 valence electrons. The van der Waals surface area contributed by atoms with Crippen molar-refractivity contribution >= 4 is 23.7 Å². The van der Waals surface area contributed by atoms with Crippen LogP contribution in [-0.2, 0) is 10.5 Å². The highest BCUT2D eigenvalue weighted by molar-refractivity contribution is 6.30. The largest absolute Gasteiger partial charge is 0.431 e. The number of halogens is 4. The molecule has 0 fully saturated rings. The van der Waals surface area contributed by atoms with Crippen LogP contribution in [-0.4, -0.2) is 28.4 Å². The van der Waals surface area contributed by atoms with Crippen LogP contribution in [0.15, 0.2) is 29.4 Å². The van der Waals surface area contributed by atoms with Gasteiger partial charge in [-0.1, -0.05) is 23.7 Å². The number of carbonyl (C=O) groups is 1. The summed E-state index contributed by atoms with van der Waals surface area (Å²) in [5, 5.41) is 14.1. The Bertz CT molecular complexity index is 530. The molecule has 0 aromatic heterocycles. The van der Waals surface area contributed by atoms with Crippen molar-refractivity contribution in [2.45, 2.75) is 18.3 Å². The minimum absolute atomic E-state index is 0.0490. The van der Waals surface area contributed by atoms with Gasteiger partial charge < -0.3 is 5.11 Å². The van der Waals surface area contributed by atoms with Crippen molar-refractivity contribution in [1.82, 2.24) is 5.01 Å². The van der Waals surface area contributed by atoms with Gasteiger partial charge in [-0.15, -0.1) is 0 Å². The second-order valence-corrected chi connectivity index (χ2v) is 4.43. The SMILES string of the molecule is O=CN1N=C(C(F)(F)F)CC1(O)c1ccc(Cl)cc1. The predicted octanol–water partition coefficient (Wildman–Crippen LogP) is 2.27. The van der Waals surface area contributed by atoms with Gasteiger partial charge in [0, 0.05) is 10.6 Å². The maximum atomic E-state index is 12.6. The van der Waals surface area contributed by atoms with E-state index in [1.54, 1.807) is 0 Å². The van der Waals surface area contributed by atoms with Gasteiger partial charge in [-0.2, -0.15) is 23.3 Å². The number of carbonyl (C=O) groups excluding carboxylic acids is 1. The van der Waals surface area contributed by atoms with Gasteiger partial charge in [-0.25, -0.2) is 0 Å². The number of hydrogen-bond donors (Lipinski definition) is 1. The van der Waals surface area contributed by atoms with Crippen LogP contribution in [0.3, 0.4) is 0 Å². The van der Waals surface area contributed by atoms with Crippen molar-refractivity contribution in [3.05, 3.63) is 34.9 Å². The predicted molar refractivity (Wildman–Crippen MR) is 61.4 cm³/mol. The second-order valence-electron chi connectivity index (χ2n) is 3.99. The van der Waals surface area contributed by atoms with E-state index in [-0.39, 0.29) is 12.0 Å². The van der Waals surface area contributed by atoms with E-state index in [9.17, 15) is 23.1 Å². The van der Waals surface area contributed by atoms with E-state index in [0.717, 1.165) is 0 Å². The third kappa shape index (κ3) is 2.43. The number of hydrazone groups is 1. The monoisotopic (exact) mass is 292 g/mol. The highest BCUT2D eigenvalue weighted by atomic mass is 35.5. The number of hydrogen-bond acceptors (Lipinski definition) is 3. The lowest BCUT2D eigenvalue weighted by Crippen LogP contribution is -2.39. The number of benzene rings is 1. The molecule has 0 saturated heterocycles. The summed E-state index contributed by atoms with van der Waals surface area (Å²) in [6.45, 7) is 0. The average Bonchev–Trinajstić information content (AvgIpc) is 2.68. The molecule has 2 rings (SSSR count). The molecule has 1 atom stereocenters. The maximum Gasteiger partial charge on any atom is 0.431 e. The van der Waals surface area contributed by atoms with E-state index < -0.39 is 24.0 Å². The maximum absolute atomic E-state index is 12.6. The Morgan fingerprint density at radius 3 is 2.42 bits per heavy atom. The Morgan fingerprint density at radius 1 is 1.37 bits per heavy atom. The fraction of sp³-hybridized carbons (Fsp3) is 0.273. The van der Waals surface area contributed by atoms with Crippen LogP contribution in [0.25, 0.3) is 0 Å². The highest BCUT2D eigenvalue weighted by Gasteiger charge is 2.51. The van der Waals surface area contributed by atoms with Gasteiger partial charge in [0.05, 0.1) is 6.42 Å². The molecular weight excluding hydrogens is 285 g/mol. The van der Waals surface area contributed by atoms with Crippen molar-refractivity contribution in [2.75, 3.05) is 0 Å². The summed E-state index contributed by atoms with van der Waals surface area (Å²) in [7, 11) is 0. The minimum atomic E-state index is -4.70. The van der Waals surface area contributed by atoms with Crippen LogP contribution < -0.4 is 0 Å². The first-order valence-corrected chi connectivity index (χ1v) is 5.53. The summed E-state index contributed by atoms with van der Waals surface area (Å²) in [5.74, 6) is 0. The first-order chi connectivity index (χ1) is 8.77. The molecule has 1 heterocycles. The normalized spacial score (nSPS) is 23.4. The summed E-state index contributed by atoms with van der Waals surface area (Å²) in [6, 6.07) is 5.49. The lowest BCUT2D eigenvalue weighted by atomic mass is 9.97. The Hall–Kier alpha value is -1.60. The highest BCUT2D eigenvalue weighted by Crippen LogP contribution is 2.38. The fourth-order valence-electron chi connectivity index (χ4n) is 1.78. The van der Waals surface area contributed by atoms with Gasteiger partial charge in [-0.3, -0.25) is 4.79 Å². The van der Waals surface area contributed by atoms with Gasteiger partial charge in [0.2, 0.25) is 6.41 Å². The molecule has 1 aromatic carbocycles. The zero-order valence-corrected chi connectivity index (χ0v) is 10.1. The third-order valence-corrected chi connectivity index (χ3v) is 3.01. The zero-order chi connectivity index (χ0) is 14.3. The Balaban J connectivity index is 2.40. The summed E-state index contributed by atoms with van der Waals surface area (Å²) < 4.78 is 37.8. The fourth-order valence-corrected chi connectivity index (χ4v) is 1.91. The first kappa shape index (κ1) is 13.8. The summed E-state index contributed by atoms with van der Waals surface area (Å²) in [6.07, 6.45) is -5.47. The topological polar surface area (TPSA) is 52.9 Å². The Labute approximate surface area is 111 Å². The van der Waals surface area contributed by atoms with Gasteiger partial charge in [0.25, 0.3) is 0 Å². The number of alkyl halides is 3.